The molecule has 0 bridgehead atoms. The van der Waals surface area contributed by atoms with Crippen LogP contribution in [0.5, 0.6) is 0 Å². The van der Waals surface area contributed by atoms with Gasteiger partial charge in [0.1, 0.15) is 6.10 Å². The molecule has 14 heteroatoms. The second kappa shape index (κ2) is 15.3. The summed E-state index contributed by atoms with van der Waals surface area (Å²) in [6.45, 7) is 8.62. The normalized spacial score (nSPS) is 40.3. The largest absolute Gasteiger partial charge is 1.00 e. The van der Waals surface area contributed by atoms with E-state index < -0.39 is 33.0 Å². The molecule has 0 aliphatic heterocycles. The van der Waals surface area contributed by atoms with Gasteiger partial charge in [-0.05, 0) is 116 Å². The van der Waals surface area contributed by atoms with Crippen molar-refractivity contribution in [1.29, 1.82) is 0 Å². The van der Waals surface area contributed by atoms with Gasteiger partial charge in [0.15, 0.2) is 0 Å². The smallest absolute Gasteiger partial charge is 0.726 e. The number of hydrogen-bond donors (Lipinski definition) is 2. The molecule has 0 radical (unpaired) electrons. The van der Waals surface area contributed by atoms with Crippen molar-refractivity contribution in [2.24, 2.45) is 58.2 Å². The zero-order chi connectivity index (χ0) is 29.7. The molecule has 0 heterocycles. The molecule has 12 atom stereocenters. The van der Waals surface area contributed by atoms with E-state index in [0.29, 0.717) is 30.6 Å². The molecule has 10 nitrogen and oxygen atoms in total. The van der Waals surface area contributed by atoms with E-state index in [1.165, 1.54) is 0 Å². The second-order valence-electron chi connectivity index (χ2n) is 14.0. The van der Waals surface area contributed by atoms with E-state index in [0.717, 1.165) is 51.4 Å². The minimum Gasteiger partial charge on any atom is -0.726 e. The SMILES string of the molecule is CC(CO)C(C)CC[C@@H](COS(=O)(=O)[O-])[C@H]1CCC2C3CC[C@@H]4[C@H](O)[C@H](OS(=O)(=O)[O-])CC[C@]4(C)C3CC[C@@]21C.[Na+].[Na+]. The van der Waals surface area contributed by atoms with E-state index in [1.54, 1.807) is 0 Å². The summed E-state index contributed by atoms with van der Waals surface area (Å²) in [7, 11) is -9.69. The van der Waals surface area contributed by atoms with Gasteiger partial charge in [0.2, 0.25) is 20.8 Å². The fraction of sp³-hybridized carbons (Fsp3) is 1.00. The summed E-state index contributed by atoms with van der Waals surface area (Å²) < 4.78 is 77.5. The molecule has 4 aliphatic rings. The second-order valence-corrected chi connectivity index (χ2v) is 16.1. The van der Waals surface area contributed by atoms with E-state index in [2.05, 4.69) is 20.8 Å². The molecule has 0 amide bonds. The number of rotatable bonds is 11. The maximum Gasteiger partial charge on any atom is 1.00 e. The first-order valence-electron chi connectivity index (χ1n) is 15.0. The Balaban J connectivity index is 0.00000308. The fourth-order valence-electron chi connectivity index (χ4n) is 9.88. The first-order valence-corrected chi connectivity index (χ1v) is 17.7. The predicted octanol–water partition coefficient (Wildman–Crippen LogP) is -2.39. The van der Waals surface area contributed by atoms with Gasteiger partial charge in [-0.3, -0.25) is 8.37 Å². The number of fused-ring (bicyclic) bond motifs is 5. The van der Waals surface area contributed by atoms with Crippen LogP contribution in [0.15, 0.2) is 0 Å². The van der Waals surface area contributed by atoms with E-state index in [1.807, 2.05) is 6.92 Å². The first kappa shape index (κ1) is 39.8. The van der Waals surface area contributed by atoms with Gasteiger partial charge in [0, 0.05) is 6.61 Å². The molecule has 234 valence electrons. The maximum absolute atomic E-state index is 11.4. The number of aliphatic hydroxyl groups excluding tert-OH is 2. The molecular weight excluding hydrogens is 606 g/mol. The number of hydrogen-bond acceptors (Lipinski definition) is 10. The van der Waals surface area contributed by atoms with Gasteiger partial charge in [-0.15, -0.1) is 0 Å². The average Bonchev–Trinajstić information content (AvgIpc) is 3.21. The summed E-state index contributed by atoms with van der Waals surface area (Å²) >= 11 is 0. The molecule has 2 N–H and O–H groups in total. The molecule has 42 heavy (non-hydrogen) atoms. The average molecular weight is 655 g/mol. The van der Waals surface area contributed by atoms with Crippen LogP contribution >= 0.6 is 0 Å². The molecule has 4 saturated carbocycles. The minimum atomic E-state index is -4.89. The fourth-order valence-corrected chi connectivity index (χ4v) is 10.7. The first-order chi connectivity index (χ1) is 18.5. The quantitative estimate of drug-likeness (QED) is 0.139. The van der Waals surface area contributed by atoms with Crippen molar-refractivity contribution in [3.8, 4) is 0 Å². The van der Waals surface area contributed by atoms with Crippen molar-refractivity contribution in [2.45, 2.75) is 104 Å². The van der Waals surface area contributed by atoms with Crippen LogP contribution in [0, 0.1) is 58.2 Å². The van der Waals surface area contributed by atoms with E-state index in [-0.39, 0.29) is 113 Å². The Kier molecular flexibility index (Phi) is 14.5. The maximum atomic E-state index is 11.4. The molecule has 0 aromatic rings. The molecule has 0 aromatic heterocycles. The Morgan fingerprint density at radius 1 is 0.810 bits per heavy atom. The summed E-state index contributed by atoms with van der Waals surface area (Å²) in [6, 6.07) is 0. The van der Waals surface area contributed by atoms with Gasteiger partial charge in [-0.1, -0.05) is 34.1 Å². The summed E-state index contributed by atoms with van der Waals surface area (Å²) in [5.74, 6) is 1.65. The van der Waals surface area contributed by atoms with Gasteiger partial charge >= 0.3 is 59.1 Å². The summed E-state index contributed by atoms with van der Waals surface area (Å²) in [5.41, 5.74) is -0.199. The topological polar surface area (TPSA) is 173 Å². The standard InChI is InChI=1S/C28H50O10S2.2Na/c1-17(18(2)15-29)5-6-19(16-37-39(31,32)33)21-9-10-22-20-7-8-24-26(30)25(38-40(34,35)36)12-14-28(24,4)23(20)11-13-27(21,22)3;;/h17-26,29-30H,5-16H2,1-4H3,(H,31,32,33)(H,34,35,36);;/q;2*+1/p-2/t17?,18?,19-,20?,21+,22?,23?,24+,25+,26-,27+,28+;;/m0../s1. The Morgan fingerprint density at radius 3 is 2.00 bits per heavy atom. The van der Waals surface area contributed by atoms with Crippen LogP contribution in [0.1, 0.15) is 91.9 Å². The third kappa shape index (κ3) is 8.57. The molecule has 0 aromatic carbocycles. The van der Waals surface area contributed by atoms with E-state index in [9.17, 15) is 36.2 Å². The van der Waals surface area contributed by atoms with Crippen LogP contribution in [0.3, 0.4) is 0 Å². The molecule has 4 fully saturated rings. The van der Waals surface area contributed by atoms with Crippen LogP contribution in [0.25, 0.3) is 0 Å². The van der Waals surface area contributed by atoms with Crippen LogP contribution in [0.2, 0.25) is 0 Å². The van der Waals surface area contributed by atoms with Crippen molar-refractivity contribution in [3.05, 3.63) is 0 Å². The van der Waals surface area contributed by atoms with Gasteiger partial charge in [-0.25, -0.2) is 16.8 Å². The monoisotopic (exact) mass is 654 g/mol. The van der Waals surface area contributed by atoms with E-state index >= 15 is 0 Å². The Hall–Kier alpha value is 1.66. The van der Waals surface area contributed by atoms with Crippen molar-refractivity contribution >= 4 is 20.8 Å². The van der Waals surface area contributed by atoms with Gasteiger partial charge < -0.3 is 19.3 Å². The minimum absolute atomic E-state index is 0. The van der Waals surface area contributed by atoms with Gasteiger partial charge in [0.05, 0.1) is 12.7 Å². The summed E-state index contributed by atoms with van der Waals surface area (Å²) in [4.78, 5) is 0. The van der Waals surface area contributed by atoms with Crippen LogP contribution in [0.4, 0.5) is 0 Å². The Labute approximate surface area is 297 Å². The third-order valence-electron chi connectivity index (χ3n) is 12.3. The van der Waals surface area contributed by atoms with Crippen molar-refractivity contribution in [2.75, 3.05) is 13.2 Å². The van der Waals surface area contributed by atoms with Gasteiger partial charge in [-0.2, -0.15) is 0 Å². The van der Waals surface area contributed by atoms with Crippen molar-refractivity contribution in [3.63, 3.8) is 0 Å². The summed E-state index contributed by atoms with van der Waals surface area (Å²) in [6.07, 6.45) is 6.14. The molecule has 4 aliphatic carbocycles. The van der Waals surface area contributed by atoms with Gasteiger partial charge in [0.25, 0.3) is 0 Å². The zero-order valence-corrected chi connectivity index (χ0v) is 31.9. The summed E-state index contributed by atoms with van der Waals surface area (Å²) in [5, 5.41) is 20.7. The Bertz CT molecular complexity index is 1110. The van der Waals surface area contributed by atoms with Crippen LogP contribution < -0.4 is 59.1 Å². The molecule has 4 rings (SSSR count). The van der Waals surface area contributed by atoms with Crippen LogP contribution in [-0.4, -0.2) is 61.6 Å². The van der Waals surface area contributed by atoms with E-state index in [4.69, 9.17) is 8.37 Å². The molecule has 0 spiro atoms. The third-order valence-corrected chi connectivity index (χ3v) is 13.2. The van der Waals surface area contributed by atoms with Crippen molar-refractivity contribution in [1.82, 2.24) is 0 Å². The van der Waals surface area contributed by atoms with Crippen LogP contribution in [-0.2, 0) is 29.2 Å². The zero-order valence-electron chi connectivity index (χ0n) is 26.2. The predicted molar refractivity (Wildman–Crippen MR) is 145 cm³/mol. The Morgan fingerprint density at radius 2 is 1.40 bits per heavy atom. The number of aliphatic hydroxyl groups is 2. The van der Waals surface area contributed by atoms with Crippen molar-refractivity contribution < 1.29 is 104 Å². The molecular formula is C28H48Na2O10S2. The molecule has 0 saturated heterocycles. The molecule has 5 unspecified atom stereocenters.